The summed E-state index contributed by atoms with van der Waals surface area (Å²) >= 11 is 0. The number of nitrogens with zero attached hydrogens (tertiary/aromatic N) is 2. The van der Waals surface area contributed by atoms with Crippen LogP contribution >= 0.6 is 0 Å². The van der Waals surface area contributed by atoms with E-state index >= 15 is 0 Å². The summed E-state index contributed by atoms with van der Waals surface area (Å²) in [5.74, 6) is 0. The first-order valence-corrected chi connectivity index (χ1v) is 5.67. The summed E-state index contributed by atoms with van der Waals surface area (Å²) in [6, 6.07) is 6.48. The monoisotopic (exact) mass is 235 g/mol. The van der Waals surface area contributed by atoms with E-state index in [9.17, 15) is 10.1 Å². The van der Waals surface area contributed by atoms with Crippen molar-refractivity contribution in [2.45, 2.75) is 33.1 Å². The number of benzene rings is 1. The Labute approximate surface area is 101 Å². The van der Waals surface area contributed by atoms with Gasteiger partial charge in [-0.25, -0.2) is 0 Å². The average molecular weight is 235 g/mol. The van der Waals surface area contributed by atoms with Crippen LogP contribution in [0.25, 0.3) is 0 Å². The Balaban J connectivity index is 2.71. The van der Waals surface area contributed by atoms with Crippen LogP contribution in [-0.4, -0.2) is 10.6 Å². The van der Waals surface area contributed by atoms with Gasteiger partial charge in [-0.1, -0.05) is 25.5 Å². The molecule has 0 saturated carbocycles. The number of nitro groups is 1. The maximum absolute atomic E-state index is 10.8. The second kappa shape index (κ2) is 6.62. The van der Waals surface area contributed by atoms with Crippen molar-refractivity contribution < 1.29 is 4.92 Å². The number of hydrogen-bond acceptors (Lipinski definition) is 4. The van der Waals surface area contributed by atoms with Crippen LogP contribution in [0.15, 0.2) is 29.4 Å². The molecule has 0 aliphatic heterocycles. The summed E-state index contributed by atoms with van der Waals surface area (Å²) in [5, 5.41) is 14.9. The Hall–Kier alpha value is -1.91. The molecule has 1 N–H and O–H groups in total. The fourth-order valence-corrected chi connectivity index (χ4v) is 1.37. The lowest BCUT2D eigenvalue weighted by atomic mass is 10.2. The highest BCUT2D eigenvalue weighted by Crippen LogP contribution is 2.23. The minimum Gasteiger partial charge on any atom is -0.272 e. The van der Waals surface area contributed by atoms with Crippen LogP contribution in [-0.2, 0) is 0 Å². The van der Waals surface area contributed by atoms with Gasteiger partial charge in [0, 0.05) is 11.8 Å². The van der Waals surface area contributed by atoms with Gasteiger partial charge in [0.2, 0.25) is 0 Å². The van der Waals surface area contributed by atoms with E-state index < -0.39 is 4.92 Å². The zero-order valence-corrected chi connectivity index (χ0v) is 10.1. The Morgan fingerprint density at radius 1 is 1.47 bits per heavy atom. The van der Waals surface area contributed by atoms with E-state index in [1.807, 2.05) is 6.92 Å². The third-order valence-corrected chi connectivity index (χ3v) is 2.36. The Bertz CT molecular complexity index is 416. The molecule has 17 heavy (non-hydrogen) atoms. The predicted molar refractivity (Wildman–Crippen MR) is 69.4 cm³/mol. The van der Waals surface area contributed by atoms with Crippen molar-refractivity contribution in [3.05, 3.63) is 34.4 Å². The highest BCUT2D eigenvalue weighted by atomic mass is 16.6. The van der Waals surface area contributed by atoms with Gasteiger partial charge < -0.3 is 0 Å². The van der Waals surface area contributed by atoms with Gasteiger partial charge in [0.25, 0.3) is 5.69 Å². The zero-order valence-electron chi connectivity index (χ0n) is 10.1. The first-order chi connectivity index (χ1) is 8.15. The maximum atomic E-state index is 10.8. The lowest BCUT2D eigenvalue weighted by molar-refractivity contribution is -0.384. The number of unbranched alkanes of at least 4 members (excludes halogenated alkanes) is 1. The van der Waals surface area contributed by atoms with Gasteiger partial charge in [-0.3, -0.25) is 15.5 Å². The fraction of sp³-hybridized carbons (Fsp3) is 0.417. The highest BCUT2D eigenvalue weighted by Gasteiger charge is 2.11. The maximum Gasteiger partial charge on any atom is 0.294 e. The average Bonchev–Trinajstić information content (AvgIpc) is 2.34. The van der Waals surface area contributed by atoms with Gasteiger partial charge in [0.05, 0.1) is 4.92 Å². The van der Waals surface area contributed by atoms with E-state index in [-0.39, 0.29) is 5.69 Å². The number of nitro benzene ring substituents is 1. The molecule has 5 nitrogen and oxygen atoms in total. The lowest BCUT2D eigenvalue weighted by Crippen LogP contribution is -2.00. The number of rotatable bonds is 6. The minimum absolute atomic E-state index is 0.0412. The molecule has 92 valence electrons. The number of hydrazone groups is 1. The third-order valence-electron chi connectivity index (χ3n) is 2.36. The Morgan fingerprint density at radius 2 is 2.18 bits per heavy atom. The predicted octanol–water partition coefficient (Wildman–Crippen LogP) is 3.57. The molecule has 0 heterocycles. The van der Waals surface area contributed by atoms with Crippen LogP contribution in [0.3, 0.4) is 0 Å². The minimum atomic E-state index is -0.417. The van der Waals surface area contributed by atoms with Crippen LogP contribution in [0, 0.1) is 10.1 Å². The van der Waals surface area contributed by atoms with Crippen molar-refractivity contribution in [1.29, 1.82) is 0 Å². The molecule has 0 bridgehead atoms. The van der Waals surface area contributed by atoms with Crippen molar-refractivity contribution in [2.24, 2.45) is 5.10 Å². The van der Waals surface area contributed by atoms with Gasteiger partial charge in [-0.2, -0.15) is 5.10 Å². The molecule has 1 rings (SSSR count). The van der Waals surface area contributed by atoms with Gasteiger partial charge >= 0.3 is 0 Å². The van der Waals surface area contributed by atoms with Crippen LogP contribution in [0.1, 0.15) is 33.1 Å². The molecule has 1 aromatic rings. The lowest BCUT2D eigenvalue weighted by Gasteiger charge is -2.03. The van der Waals surface area contributed by atoms with Crippen molar-refractivity contribution in [2.75, 3.05) is 5.43 Å². The van der Waals surface area contributed by atoms with E-state index in [0.29, 0.717) is 5.69 Å². The number of hydrogen-bond donors (Lipinski definition) is 1. The Kier molecular flexibility index (Phi) is 5.13. The molecule has 0 aromatic heterocycles. The van der Waals surface area contributed by atoms with E-state index in [4.69, 9.17) is 0 Å². The summed E-state index contributed by atoms with van der Waals surface area (Å²) < 4.78 is 0. The van der Waals surface area contributed by atoms with E-state index in [2.05, 4.69) is 17.5 Å². The van der Waals surface area contributed by atoms with Gasteiger partial charge in [-0.05, 0) is 25.8 Å². The molecule has 0 radical (unpaired) electrons. The molecule has 0 aliphatic rings. The topological polar surface area (TPSA) is 67.5 Å². The molecule has 0 amide bonds. The number of anilines is 1. The largest absolute Gasteiger partial charge is 0.294 e. The van der Waals surface area contributed by atoms with Crippen molar-refractivity contribution >= 4 is 17.1 Å². The molecule has 5 heteroatoms. The summed E-state index contributed by atoms with van der Waals surface area (Å²) in [4.78, 5) is 10.3. The van der Waals surface area contributed by atoms with Crippen molar-refractivity contribution in [1.82, 2.24) is 0 Å². The van der Waals surface area contributed by atoms with E-state index in [1.54, 1.807) is 18.2 Å². The SMILES string of the molecule is CCCC/C(C)=N\Nc1ccccc1[N+](=O)[O-]. The summed E-state index contributed by atoms with van der Waals surface area (Å²) in [6.07, 6.45) is 3.09. The molecule has 0 fully saturated rings. The molecule has 0 saturated heterocycles. The van der Waals surface area contributed by atoms with Crippen LogP contribution in [0.4, 0.5) is 11.4 Å². The van der Waals surface area contributed by atoms with Crippen LogP contribution < -0.4 is 5.43 Å². The molecular formula is C12H17N3O2. The van der Waals surface area contributed by atoms with Gasteiger partial charge in [0.15, 0.2) is 0 Å². The Morgan fingerprint density at radius 3 is 2.82 bits per heavy atom. The van der Waals surface area contributed by atoms with E-state index in [0.717, 1.165) is 25.0 Å². The van der Waals surface area contributed by atoms with Crippen molar-refractivity contribution in [3.8, 4) is 0 Å². The van der Waals surface area contributed by atoms with Gasteiger partial charge in [-0.15, -0.1) is 0 Å². The quantitative estimate of drug-likeness (QED) is 0.465. The first kappa shape index (κ1) is 13.2. The third kappa shape index (κ3) is 4.22. The molecule has 0 aliphatic carbocycles. The van der Waals surface area contributed by atoms with Crippen LogP contribution in [0.5, 0.6) is 0 Å². The van der Waals surface area contributed by atoms with Crippen LogP contribution in [0.2, 0.25) is 0 Å². The highest BCUT2D eigenvalue weighted by molar-refractivity contribution is 5.82. The smallest absolute Gasteiger partial charge is 0.272 e. The summed E-state index contributed by atoms with van der Waals surface area (Å²) in [7, 11) is 0. The molecular weight excluding hydrogens is 218 g/mol. The molecule has 0 unspecified atom stereocenters. The molecule has 0 atom stereocenters. The molecule has 0 spiro atoms. The standard InChI is InChI=1S/C12H17N3O2/c1-3-4-7-10(2)13-14-11-8-5-6-9-12(11)15(16)17/h5-6,8-9,14H,3-4,7H2,1-2H3/b13-10-. The van der Waals surface area contributed by atoms with Gasteiger partial charge in [0.1, 0.15) is 5.69 Å². The summed E-state index contributed by atoms with van der Waals surface area (Å²) in [6.45, 7) is 4.03. The first-order valence-electron chi connectivity index (χ1n) is 5.67. The molecule has 1 aromatic carbocycles. The normalized spacial score (nSPS) is 11.3. The van der Waals surface area contributed by atoms with E-state index in [1.165, 1.54) is 6.07 Å². The summed E-state index contributed by atoms with van der Waals surface area (Å²) in [5.41, 5.74) is 4.16. The second-order valence-corrected chi connectivity index (χ2v) is 3.84. The van der Waals surface area contributed by atoms with Crippen molar-refractivity contribution in [3.63, 3.8) is 0 Å². The fourth-order valence-electron chi connectivity index (χ4n) is 1.37. The number of para-hydroxylation sites is 2. The second-order valence-electron chi connectivity index (χ2n) is 3.84. The number of nitrogens with one attached hydrogen (secondary N) is 1. The zero-order chi connectivity index (χ0) is 12.7.